The van der Waals surface area contributed by atoms with E-state index in [1.807, 2.05) is 20.1 Å². The molecule has 1 aromatic carbocycles. The maximum absolute atomic E-state index is 13.8. The Labute approximate surface area is 315 Å². The molecular formula is C36H56N6O10S. The lowest BCUT2D eigenvalue weighted by atomic mass is 10.0. The quantitative estimate of drug-likeness (QED) is 0.117. The van der Waals surface area contributed by atoms with Crippen molar-refractivity contribution in [2.45, 2.75) is 109 Å². The van der Waals surface area contributed by atoms with E-state index in [0.717, 1.165) is 0 Å². The molecule has 6 N–H and O–H groups in total. The molecule has 1 aliphatic rings. The zero-order valence-electron chi connectivity index (χ0n) is 31.9. The van der Waals surface area contributed by atoms with Crippen LogP contribution in [0.25, 0.3) is 0 Å². The van der Waals surface area contributed by atoms with Gasteiger partial charge >= 0.3 is 12.1 Å². The molecule has 1 aromatic rings. The average molecular weight is 765 g/mol. The third-order valence-electron chi connectivity index (χ3n) is 8.13. The summed E-state index contributed by atoms with van der Waals surface area (Å²) in [5.74, 6) is -3.34. The smallest absolute Gasteiger partial charge is 0.410 e. The van der Waals surface area contributed by atoms with Crippen molar-refractivity contribution in [2.75, 3.05) is 32.2 Å². The van der Waals surface area contributed by atoms with Crippen LogP contribution in [0, 0.1) is 5.92 Å². The highest BCUT2D eigenvalue weighted by Crippen LogP contribution is 2.22. The number of phenolic OH excluding ortho intramolecular Hbond substituents is 1. The van der Waals surface area contributed by atoms with Crippen LogP contribution in [-0.4, -0.2) is 120 Å². The summed E-state index contributed by atoms with van der Waals surface area (Å²) in [6, 6.07) is 0.953. The van der Waals surface area contributed by atoms with Crippen LogP contribution in [0.4, 0.5) is 4.79 Å². The second kappa shape index (κ2) is 21.2. The number of amides is 6. The van der Waals surface area contributed by atoms with E-state index in [4.69, 9.17) is 4.74 Å². The molecule has 1 aliphatic heterocycles. The van der Waals surface area contributed by atoms with Crippen molar-refractivity contribution in [2.24, 2.45) is 5.92 Å². The van der Waals surface area contributed by atoms with Gasteiger partial charge in [0.25, 0.3) is 0 Å². The van der Waals surface area contributed by atoms with Gasteiger partial charge in [-0.2, -0.15) is 11.8 Å². The Hall–Kier alpha value is -4.54. The molecule has 6 amide bonds. The van der Waals surface area contributed by atoms with Crippen LogP contribution < -0.4 is 26.6 Å². The Morgan fingerprint density at radius 2 is 1.55 bits per heavy atom. The van der Waals surface area contributed by atoms with E-state index >= 15 is 0 Å². The van der Waals surface area contributed by atoms with Crippen molar-refractivity contribution in [1.29, 1.82) is 0 Å². The van der Waals surface area contributed by atoms with E-state index in [1.54, 1.807) is 32.9 Å². The molecule has 0 bridgehead atoms. The monoisotopic (exact) mass is 764 g/mol. The van der Waals surface area contributed by atoms with Crippen molar-refractivity contribution < 1.29 is 48.1 Å². The molecule has 0 unspecified atom stereocenters. The van der Waals surface area contributed by atoms with E-state index in [-0.39, 0.29) is 30.9 Å². The number of hydrogen-bond donors (Lipinski definition) is 6. The highest BCUT2D eigenvalue weighted by Gasteiger charge is 2.38. The summed E-state index contributed by atoms with van der Waals surface area (Å²) >= 11 is 1.46. The fraction of sp³-hybridized carbons (Fsp3) is 0.639. The summed E-state index contributed by atoms with van der Waals surface area (Å²) < 4.78 is 10.1. The molecule has 16 nitrogen and oxygen atoms in total. The SMILES string of the molecule is COC(=O)[C@H](C)NC(=O)[C@H](CCSC)NC(=O)CNC(=O)[C@H](Cc1ccc(O)cc1)NC(=O)[C@H](CC(C)C)NC(=O)[C@@H]1CCCN1C(=O)OC(C)(C)C. The average Bonchev–Trinajstić information content (AvgIpc) is 3.58. The standard InChI is InChI=1S/C36H56N6O10S/c1-21(2)18-26(41-33(48)28-10-9-16-42(28)35(50)52-36(4,5)6)32(47)40-27(19-23-11-13-24(43)14-12-23)30(45)37-20-29(44)39-25(15-17-53-8)31(46)38-22(3)34(49)51-7/h11-14,21-22,25-28,43H,9-10,15-20H2,1-8H3,(H,37,45)(H,38,46)(H,39,44)(H,40,47)(H,41,48)/t22-,25-,26-,27-,28-/m0/s1. The highest BCUT2D eigenvalue weighted by atomic mass is 32.2. The van der Waals surface area contributed by atoms with Gasteiger partial charge in [0.1, 0.15) is 41.6 Å². The van der Waals surface area contributed by atoms with Gasteiger partial charge in [-0.3, -0.25) is 28.9 Å². The highest BCUT2D eigenvalue weighted by molar-refractivity contribution is 7.98. The number of hydrogen-bond acceptors (Lipinski definition) is 11. The summed E-state index contributed by atoms with van der Waals surface area (Å²) in [5, 5.41) is 22.9. The first-order valence-corrected chi connectivity index (χ1v) is 19.1. The van der Waals surface area contributed by atoms with Gasteiger partial charge in [-0.25, -0.2) is 9.59 Å². The lowest BCUT2D eigenvalue weighted by Crippen LogP contribution is -2.58. The molecule has 5 atom stereocenters. The summed E-state index contributed by atoms with van der Waals surface area (Å²) in [7, 11) is 1.19. The van der Waals surface area contributed by atoms with Crippen molar-refractivity contribution in [3.05, 3.63) is 29.8 Å². The number of esters is 1. The molecule has 1 fully saturated rings. The molecule has 0 spiro atoms. The van der Waals surface area contributed by atoms with Crippen LogP contribution in [0.15, 0.2) is 24.3 Å². The molecule has 0 aromatic heterocycles. The summed E-state index contributed by atoms with van der Waals surface area (Å²) in [6.45, 7) is 10.2. The number of rotatable bonds is 18. The van der Waals surface area contributed by atoms with Gasteiger partial charge in [0.15, 0.2) is 0 Å². The number of ether oxygens (including phenoxy) is 2. The van der Waals surface area contributed by atoms with Crippen molar-refractivity contribution in [3.8, 4) is 5.75 Å². The maximum atomic E-state index is 13.8. The van der Waals surface area contributed by atoms with Crippen LogP contribution in [0.1, 0.15) is 72.8 Å². The molecule has 0 aliphatic carbocycles. The molecular weight excluding hydrogens is 708 g/mol. The Kier molecular flexibility index (Phi) is 17.9. The molecule has 1 saturated heterocycles. The van der Waals surface area contributed by atoms with Gasteiger partial charge in [0.2, 0.25) is 29.5 Å². The molecule has 0 radical (unpaired) electrons. The Morgan fingerprint density at radius 1 is 0.906 bits per heavy atom. The topological polar surface area (TPSA) is 222 Å². The van der Waals surface area contributed by atoms with Crippen molar-refractivity contribution in [3.63, 3.8) is 0 Å². The zero-order valence-corrected chi connectivity index (χ0v) is 32.7. The minimum Gasteiger partial charge on any atom is -0.508 e. The minimum absolute atomic E-state index is 0.00329. The molecule has 53 heavy (non-hydrogen) atoms. The van der Waals surface area contributed by atoms with Crippen molar-refractivity contribution in [1.82, 2.24) is 31.5 Å². The number of phenols is 1. The van der Waals surface area contributed by atoms with E-state index in [2.05, 4.69) is 31.3 Å². The van der Waals surface area contributed by atoms with Crippen LogP contribution in [0.5, 0.6) is 5.75 Å². The molecule has 296 valence electrons. The van der Waals surface area contributed by atoms with Crippen LogP contribution in [0.2, 0.25) is 0 Å². The van der Waals surface area contributed by atoms with Gasteiger partial charge in [-0.15, -0.1) is 0 Å². The Bertz CT molecular complexity index is 1430. The van der Waals surface area contributed by atoms with Gasteiger partial charge < -0.3 is 41.2 Å². The number of aromatic hydroxyl groups is 1. The van der Waals surface area contributed by atoms with Crippen LogP contribution in [0.3, 0.4) is 0 Å². The van der Waals surface area contributed by atoms with Gasteiger partial charge in [-0.1, -0.05) is 26.0 Å². The Morgan fingerprint density at radius 3 is 2.13 bits per heavy atom. The van der Waals surface area contributed by atoms with Crippen molar-refractivity contribution >= 4 is 53.4 Å². The van der Waals surface area contributed by atoms with E-state index in [0.29, 0.717) is 30.7 Å². The third kappa shape index (κ3) is 15.5. The van der Waals surface area contributed by atoms with Gasteiger partial charge in [-0.05, 0) is 89.0 Å². The first-order valence-electron chi connectivity index (χ1n) is 17.7. The number of carbonyl (C=O) groups excluding carboxylic acids is 7. The first kappa shape index (κ1) is 44.6. The summed E-state index contributed by atoms with van der Waals surface area (Å²) in [5.41, 5.74) is -0.173. The summed E-state index contributed by atoms with van der Waals surface area (Å²) in [6.07, 6.45) is 2.62. The van der Waals surface area contributed by atoms with Gasteiger partial charge in [0, 0.05) is 13.0 Å². The normalized spacial score (nSPS) is 16.4. The number of methoxy groups -OCH3 is 1. The predicted octanol–water partition coefficient (Wildman–Crippen LogP) is 1.38. The Balaban J connectivity index is 2.21. The molecule has 1 heterocycles. The number of nitrogens with zero attached hydrogens (tertiary/aromatic N) is 1. The van der Waals surface area contributed by atoms with E-state index < -0.39 is 84.0 Å². The number of likely N-dealkylation sites (tertiary alicyclic amines) is 1. The molecule has 0 saturated carbocycles. The first-order chi connectivity index (χ1) is 24.8. The summed E-state index contributed by atoms with van der Waals surface area (Å²) in [4.78, 5) is 92.7. The number of carbonyl (C=O) groups is 7. The lowest BCUT2D eigenvalue weighted by molar-refractivity contribution is -0.144. The third-order valence-corrected chi connectivity index (χ3v) is 8.78. The fourth-order valence-electron chi connectivity index (χ4n) is 5.49. The molecule has 2 rings (SSSR count). The lowest BCUT2D eigenvalue weighted by Gasteiger charge is -2.29. The van der Waals surface area contributed by atoms with Crippen LogP contribution >= 0.6 is 11.8 Å². The second-order valence-corrected chi connectivity index (χ2v) is 15.3. The largest absolute Gasteiger partial charge is 0.508 e. The minimum atomic E-state index is -1.22. The van der Waals surface area contributed by atoms with Crippen LogP contribution in [-0.2, 0) is 44.7 Å². The second-order valence-electron chi connectivity index (χ2n) is 14.3. The number of thioether (sulfide) groups is 1. The van der Waals surface area contributed by atoms with Gasteiger partial charge in [0.05, 0.1) is 13.7 Å². The van der Waals surface area contributed by atoms with E-state index in [1.165, 1.54) is 42.8 Å². The number of benzene rings is 1. The fourth-order valence-corrected chi connectivity index (χ4v) is 5.96. The molecule has 17 heteroatoms. The zero-order chi connectivity index (χ0) is 39.9. The maximum Gasteiger partial charge on any atom is 0.410 e. The van der Waals surface area contributed by atoms with E-state index in [9.17, 15) is 38.7 Å². The predicted molar refractivity (Wildman–Crippen MR) is 199 cm³/mol. The number of nitrogens with one attached hydrogen (secondary N) is 5.